The molecule has 0 aliphatic rings. The number of likely N-dealkylation sites (N-methyl/N-ethyl adjacent to an activating group) is 1. The molecule has 0 aliphatic heterocycles. The second-order valence-electron chi connectivity index (χ2n) is 3.38. The van der Waals surface area contributed by atoms with Crippen LogP contribution in [0.25, 0.3) is 6.08 Å². The number of rotatable bonds is 3. The molecule has 0 aliphatic carbocycles. The summed E-state index contributed by atoms with van der Waals surface area (Å²) in [5, 5.41) is 1.17. The zero-order valence-corrected chi connectivity index (χ0v) is 11.1. The summed E-state index contributed by atoms with van der Waals surface area (Å²) in [6.45, 7) is 2.02. The number of benzene rings is 1. The van der Waals surface area contributed by atoms with E-state index in [0.29, 0.717) is 0 Å². The molecule has 0 spiro atoms. The maximum absolute atomic E-state index is 11.4. The molecular weight excluding hydrogens is 270 g/mol. The molecule has 0 saturated heterocycles. The van der Waals surface area contributed by atoms with Crippen LogP contribution < -0.4 is 0 Å². The minimum atomic E-state index is -0.199. The third-order valence-electron chi connectivity index (χ3n) is 2.15. The molecule has 1 rings (SSSR count). The van der Waals surface area contributed by atoms with Crippen LogP contribution in [0.4, 0.5) is 0 Å². The van der Waals surface area contributed by atoms with Crippen LogP contribution in [-0.2, 0) is 9.63 Å². The average molecular weight is 284 g/mol. The van der Waals surface area contributed by atoms with E-state index in [4.69, 9.17) is 4.84 Å². The van der Waals surface area contributed by atoms with E-state index in [9.17, 15) is 4.79 Å². The summed E-state index contributed by atoms with van der Waals surface area (Å²) in [4.78, 5) is 16.2. The Morgan fingerprint density at radius 1 is 1.50 bits per heavy atom. The maximum Gasteiger partial charge on any atom is 0.269 e. The number of carbonyl (C=O) groups is 1. The van der Waals surface area contributed by atoms with Gasteiger partial charge in [0.05, 0.1) is 7.11 Å². The standard InChI is InChI=1S/C12H14BrNO2/c1-9-4-5-10(11(13)8-9)6-7-12(15)14(2)16-3/h4-8H,1-3H3/b7-6+. The highest BCUT2D eigenvalue weighted by atomic mass is 79.9. The van der Waals surface area contributed by atoms with Gasteiger partial charge in [-0.1, -0.05) is 28.1 Å². The molecule has 16 heavy (non-hydrogen) atoms. The molecular formula is C12H14BrNO2. The highest BCUT2D eigenvalue weighted by Crippen LogP contribution is 2.19. The molecule has 4 heteroatoms. The lowest BCUT2D eigenvalue weighted by Gasteiger charge is -2.10. The Kier molecular flexibility index (Phi) is 4.71. The van der Waals surface area contributed by atoms with Crippen molar-refractivity contribution in [3.05, 3.63) is 39.9 Å². The molecule has 0 saturated carbocycles. The number of carbonyl (C=O) groups excluding carboxylic acids is 1. The summed E-state index contributed by atoms with van der Waals surface area (Å²) in [7, 11) is 3.02. The first-order chi connectivity index (χ1) is 7.54. The van der Waals surface area contributed by atoms with E-state index >= 15 is 0 Å². The molecule has 0 fully saturated rings. The first kappa shape index (κ1) is 12.9. The Balaban J connectivity index is 2.80. The Bertz CT molecular complexity index is 415. The number of nitrogens with zero attached hydrogens (tertiary/aromatic N) is 1. The van der Waals surface area contributed by atoms with Crippen molar-refractivity contribution in [3.63, 3.8) is 0 Å². The van der Waals surface area contributed by atoms with E-state index in [0.717, 1.165) is 10.0 Å². The summed E-state index contributed by atoms with van der Waals surface area (Å²) in [6, 6.07) is 5.95. The summed E-state index contributed by atoms with van der Waals surface area (Å²) in [5.74, 6) is -0.199. The van der Waals surface area contributed by atoms with Crippen molar-refractivity contribution in [3.8, 4) is 0 Å². The van der Waals surface area contributed by atoms with Gasteiger partial charge in [0.2, 0.25) is 0 Å². The van der Waals surface area contributed by atoms with Gasteiger partial charge < -0.3 is 0 Å². The van der Waals surface area contributed by atoms with E-state index in [1.165, 1.54) is 23.8 Å². The predicted molar refractivity (Wildman–Crippen MR) is 67.7 cm³/mol. The molecule has 0 heterocycles. The lowest BCUT2D eigenvalue weighted by Crippen LogP contribution is -2.22. The topological polar surface area (TPSA) is 29.5 Å². The van der Waals surface area contributed by atoms with Gasteiger partial charge in [-0.25, -0.2) is 5.06 Å². The molecule has 3 nitrogen and oxygen atoms in total. The van der Waals surface area contributed by atoms with Gasteiger partial charge in [-0.15, -0.1) is 0 Å². The largest absolute Gasteiger partial charge is 0.274 e. The van der Waals surface area contributed by atoms with Gasteiger partial charge in [0, 0.05) is 17.6 Å². The van der Waals surface area contributed by atoms with E-state index in [1.54, 1.807) is 13.1 Å². The molecule has 0 atom stereocenters. The van der Waals surface area contributed by atoms with E-state index in [1.807, 2.05) is 25.1 Å². The van der Waals surface area contributed by atoms with Crippen LogP contribution in [0.5, 0.6) is 0 Å². The third kappa shape index (κ3) is 3.47. The van der Waals surface area contributed by atoms with Crippen LogP contribution in [0.3, 0.4) is 0 Å². The fourth-order valence-corrected chi connectivity index (χ4v) is 1.75. The monoisotopic (exact) mass is 283 g/mol. The van der Waals surface area contributed by atoms with Crippen LogP contribution in [0, 0.1) is 6.92 Å². The van der Waals surface area contributed by atoms with Crippen LogP contribution in [0.15, 0.2) is 28.7 Å². The van der Waals surface area contributed by atoms with Crippen molar-refractivity contribution >= 4 is 27.9 Å². The summed E-state index contributed by atoms with van der Waals surface area (Å²) in [6.07, 6.45) is 3.22. The quantitative estimate of drug-likeness (QED) is 0.631. The van der Waals surface area contributed by atoms with Gasteiger partial charge >= 0.3 is 0 Å². The number of hydrogen-bond donors (Lipinski definition) is 0. The van der Waals surface area contributed by atoms with Gasteiger partial charge in [-0.05, 0) is 30.2 Å². The molecule has 0 unspecified atom stereocenters. The van der Waals surface area contributed by atoms with Crippen LogP contribution in [0.1, 0.15) is 11.1 Å². The highest BCUT2D eigenvalue weighted by molar-refractivity contribution is 9.10. The van der Waals surface area contributed by atoms with Crippen LogP contribution in [0.2, 0.25) is 0 Å². The van der Waals surface area contributed by atoms with Gasteiger partial charge in [0.25, 0.3) is 5.91 Å². The first-order valence-electron chi connectivity index (χ1n) is 4.80. The molecule has 86 valence electrons. The minimum Gasteiger partial charge on any atom is -0.274 e. The molecule has 1 amide bonds. The SMILES string of the molecule is CON(C)C(=O)/C=C/c1ccc(C)cc1Br. The van der Waals surface area contributed by atoms with E-state index < -0.39 is 0 Å². The minimum absolute atomic E-state index is 0.199. The van der Waals surface area contributed by atoms with Gasteiger partial charge in [-0.2, -0.15) is 0 Å². The van der Waals surface area contributed by atoms with Crippen molar-refractivity contribution in [1.29, 1.82) is 0 Å². The lowest BCUT2D eigenvalue weighted by molar-refractivity contribution is -0.162. The normalized spacial score (nSPS) is 10.8. The Morgan fingerprint density at radius 2 is 2.19 bits per heavy atom. The van der Waals surface area contributed by atoms with Crippen LogP contribution >= 0.6 is 15.9 Å². The number of halogens is 1. The molecule has 0 bridgehead atoms. The predicted octanol–water partition coefficient (Wildman–Crippen LogP) is 2.79. The smallest absolute Gasteiger partial charge is 0.269 e. The third-order valence-corrected chi connectivity index (χ3v) is 2.83. The summed E-state index contributed by atoms with van der Waals surface area (Å²) >= 11 is 3.44. The molecule has 0 aromatic heterocycles. The number of hydroxylamine groups is 2. The van der Waals surface area contributed by atoms with E-state index in [-0.39, 0.29) is 5.91 Å². The second kappa shape index (κ2) is 5.82. The zero-order valence-electron chi connectivity index (χ0n) is 9.53. The van der Waals surface area contributed by atoms with Gasteiger partial charge in [0.1, 0.15) is 0 Å². The Hall–Kier alpha value is -1.13. The number of aryl methyl sites for hydroxylation is 1. The number of hydrogen-bond acceptors (Lipinski definition) is 2. The molecule has 0 radical (unpaired) electrons. The Labute approximate surface area is 104 Å². The highest BCUT2D eigenvalue weighted by Gasteiger charge is 2.03. The van der Waals surface area contributed by atoms with Crippen molar-refractivity contribution in [1.82, 2.24) is 5.06 Å². The Morgan fingerprint density at radius 3 is 2.75 bits per heavy atom. The number of amides is 1. The summed E-state index contributed by atoms with van der Waals surface area (Å²) in [5.41, 5.74) is 2.13. The van der Waals surface area contributed by atoms with Crippen molar-refractivity contribution < 1.29 is 9.63 Å². The lowest BCUT2D eigenvalue weighted by atomic mass is 10.1. The van der Waals surface area contributed by atoms with E-state index in [2.05, 4.69) is 15.9 Å². The average Bonchev–Trinajstić information content (AvgIpc) is 2.26. The fourth-order valence-electron chi connectivity index (χ4n) is 1.12. The van der Waals surface area contributed by atoms with Crippen molar-refractivity contribution in [2.24, 2.45) is 0 Å². The van der Waals surface area contributed by atoms with Gasteiger partial charge in [0.15, 0.2) is 0 Å². The summed E-state index contributed by atoms with van der Waals surface area (Å²) < 4.78 is 0.969. The maximum atomic E-state index is 11.4. The molecule has 1 aromatic rings. The van der Waals surface area contributed by atoms with Crippen molar-refractivity contribution in [2.45, 2.75) is 6.92 Å². The van der Waals surface area contributed by atoms with Crippen LogP contribution in [-0.4, -0.2) is 25.1 Å². The molecule has 1 aromatic carbocycles. The second-order valence-corrected chi connectivity index (χ2v) is 4.23. The fraction of sp³-hybridized carbons (Fsp3) is 0.250. The first-order valence-corrected chi connectivity index (χ1v) is 5.60. The zero-order chi connectivity index (χ0) is 12.1. The molecule has 0 N–H and O–H groups in total. The van der Waals surface area contributed by atoms with Gasteiger partial charge in [-0.3, -0.25) is 9.63 Å². The van der Waals surface area contributed by atoms with Crippen molar-refractivity contribution in [2.75, 3.05) is 14.2 Å².